The lowest BCUT2D eigenvalue weighted by Crippen LogP contribution is -2.42. The van der Waals surface area contributed by atoms with Gasteiger partial charge in [0.1, 0.15) is 0 Å². The van der Waals surface area contributed by atoms with Gasteiger partial charge in [-0.25, -0.2) is 9.97 Å². The summed E-state index contributed by atoms with van der Waals surface area (Å²) >= 11 is 0. The average molecular weight is 456 g/mol. The number of aryl methyl sites for hydroxylation is 1. The van der Waals surface area contributed by atoms with Crippen LogP contribution in [-0.2, 0) is 4.79 Å². The zero-order valence-corrected chi connectivity index (χ0v) is 19.3. The molecule has 0 saturated heterocycles. The smallest absolute Gasteiger partial charge is 0.251 e. The van der Waals surface area contributed by atoms with E-state index in [1.54, 1.807) is 0 Å². The number of fused-ring (bicyclic) bond motifs is 1. The Morgan fingerprint density at radius 3 is 2.65 bits per heavy atom. The summed E-state index contributed by atoms with van der Waals surface area (Å²) in [4.78, 5) is 33.4. The van der Waals surface area contributed by atoms with Crippen molar-refractivity contribution >= 4 is 28.7 Å². The lowest BCUT2D eigenvalue weighted by Gasteiger charge is -2.21. The Morgan fingerprint density at radius 2 is 1.85 bits per heavy atom. The second-order valence-corrected chi connectivity index (χ2v) is 9.25. The minimum Gasteiger partial charge on any atom is -0.349 e. The highest BCUT2D eigenvalue weighted by Crippen LogP contribution is 2.29. The maximum atomic E-state index is 12.5. The van der Waals surface area contributed by atoms with Crippen molar-refractivity contribution in [2.45, 2.75) is 57.2 Å². The molecule has 3 N–H and O–H groups in total. The van der Waals surface area contributed by atoms with E-state index in [2.05, 4.69) is 40.5 Å². The zero-order valence-electron chi connectivity index (χ0n) is 19.3. The molecular weight excluding hydrogens is 426 g/mol. The molecule has 34 heavy (non-hydrogen) atoms. The molecule has 1 aromatic heterocycles. The van der Waals surface area contributed by atoms with Crippen LogP contribution in [-0.4, -0.2) is 39.9 Å². The summed E-state index contributed by atoms with van der Waals surface area (Å²) in [5.41, 5.74) is 4.68. The molecular formula is C27H29N5O2. The van der Waals surface area contributed by atoms with E-state index in [9.17, 15) is 9.59 Å². The summed E-state index contributed by atoms with van der Waals surface area (Å²) in [5.74, 6) is 0.382. The maximum absolute atomic E-state index is 12.5. The van der Waals surface area contributed by atoms with Crippen molar-refractivity contribution < 1.29 is 9.59 Å². The van der Waals surface area contributed by atoms with Crippen molar-refractivity contribution in [1.29, 1.82) is 0 Å². The van der Waals surface area contributed by atoms with Gasteiger partial charge < -0.3 is 16.0 Å². The first-order valence-electron chi connectivity index (χ1n) is 11.9. The Hall–Kier alpha value is -3.74. The predicted molar refractivity (Wildman–Crippen MR) is 134 cm³/mol. The normalized spacial score (nSPS) is 19.6. The summed E-state index contributed by atoms with van der Waals surface area (Å²) in [6.45, 7) is 5.58. The first-order valence-corrected chi connectivity index (χ1v) is 11.9. The van der Waals surface area contributed by atoms with E-state index in [4.69, 9.17) is 4.98 Å². The van der Waals surface area contributed by atoms with Gasteiger partial charge in [0.25, 0.3) is 5.91 Å². The number of carbonyl (C=O) groups excluding carboxylic acids is 2. The Kier molecular flexibility index (Phi) is 6.01. The molecule has 3 aromatic rings. The number of hydrogen-bond acceptors (Lipinski definition) is 5. The van der Waals surface area contributed by atoms with Gasteiger partial charge in [0.2, 0.25) is 11.9 Å². The number of anilines is 1. The largest absolute Gasteiger partial charge is 0.349 e. The van der Waals surface area contributed by atoms with E-state index < -0.39 is 0 Å². The van der Waals surface area contributed by atoms with Gasteiger partial charge in [0.05, 0.1) is 5.52 Å². The molecule has 2 saturated carbocycles. The standard InChI is InChI=1S/C27H29N5O2/c1-3-25(33)30-23-5-4-6-24(23)32-27-28-15-19-13-17(9-12-22(19)31-27)21-14-18(8-7-16(21)2)26(34)29-20-10-11-20/h3,7-9,12-15,20,23-24H,1,4-6,10-11H2,2H3,(H,29,34)(H,30,33)(H,28,31,32)/t23-,24+/m0/s1. The third kappa shape index (κ3) is 4.78. The Labute approximate surface area is 199 Å². The average Bonchev–Trinajstić information content (AvgIpc) is 3.56. The van der Waals surface area contributed by atoms with Crippen LogP contribution in [0, 0.1) is 6.92 Å². The molecule has 2 aliphatic rings. The topological polar surface area (TPSA) is 96.0 Å². The van der Waals surface area contributed by atoms with E-state index >= 15 is 0 Å². The lowest BCUT2D eigenvalue weighted by atomic mass is 9.97. The fourth-order valence-electron chi connectivity index (χ4n) is 4.55. The molecule has 5 rings (SSSR count). The van der Waals surface area contributed by atoms with E-state index in [-0.39, 0.29) is 23.9 Å². The molecule has 7 heteroatoms. The van der Waals surface area contributed by atoms with Crippen molar-refractivity contribution in [3.8, 4) is 11.1 Å². The van der Waals surface area contributed by atoms with Crippen molar-refractivity contribution in [3.05, 3.63) is 66.4 Å². The molecule has 0 bridgehead atoms. The number of aromatic nitrogens is 2. The van der Waals surface area contributed by atoms with Gasteiger partial charge in [0, 0.05) is 35.3 Å². The van der Waals surface area contributed by atoms with Gasteiger partial charge in [-0.05, 0) is 86.1 Å². The molecule has 2 aliphatic carbocycles. The van der Waals surface area contributed by atoms with Gasteiger partial charge in [-0.15, -0.1) is 0 Å². The molecule has 2 fully saturated rings. The number of amides is 2. The number of nitrogens with one attached hydrogen (secondary N) is 3. The van der Waals surface area contributed by atoms with Crippen molar-refractivity contribution in [1.82, 2.24) is 20.6 Å². The third-order valence-corrected chi connectivity index (χ3v) is 6.65. The maximum Gasteiger partial charge on any atom is 0.251 e. The summed E-state index contributed by atoms with van der Waals surface area (Å²) in [6, 6.07) is 12.4. The van der Waals surface area contributed by atoms with Crippen LogP contribution in [0.4, 0.5) is 5.95 Å². The van der Waals surface area contributed by atoms with Gasteiger partial charge >= 0.3 is 0 Å². The van der Waals surface area contributed by atoms with Gasteiger partial charge in [-0.2, -0.15) is 0 Å². The second kappa shape index (κ2) is 9.25. The first-order chi connectivity index (χ1) is 16.5. The lowest BCUT2D eigenvalue weighted by molar-refractivity contribution is -0.117. The minimum atomic E-state index is -0.157. The second-order valence-electron chi connectivity index (χ2n) is 9.25. The van der Waals surface area contributed by atoms with Crippen molar-refractivity contribution in [2.75, 3.05) is 5.32 Å². The van der Waals surface area contributed by atoms with E-state index in [0.29, 0.717) is 17.6 Å². The fraction of sp³-hybridized carbons (Fsp3) is 0.333. The highest BCUT2D eigenvalue weighted by Gasteiger charge is 2.28. The minimum absolute atomic E-state index is 0.0157. The van der Waals surface area contributed by atoms with Gasteiger partial charge in [-0.1, -0.05) is 18.7 Å². The number of carbonyl (C=O) groups is 2. The predicted octanol–water partition coefficient (Wildman–Crippen LogP) is 4.13. The molecule has 174 valence electrons. The number of rotatable bonds is 7. The highest BCUT2D eigenvalue weighted by atomic mass is 16.2. The number of benzene rings is 2. The highest BCUT2D eigenvalue weighted by molar-refractivity contribution is 5.96. The van der Waals surface area contributed by atoms with Crippen LogP contribution in [0.5, 0.6) is 0 Å². The van der Waals surface area contributed by atoms with Crippen LogP contribution < -0.4 is 16.0 Å². The summed E-state index contributed by atoms with van der Waals surface area (Å²) in [7, 11) is 0. The molecule has 2 aromatic carbocycles. The van der Waals surface area contributed by atoms with Crippen molar-refractivity contribution in [2.24, 2.45) is 0 Å². The molecule has 0 spiro atoms. The quantitative estimate of drug-likeness (QED) is 0.466. The zero-order chi connectivity index (χ0) is 23.7. The fourth-order valence-corrected chi connectivity index (χ4v) is 4.55. The van der Waals surface area contributed by atoms with Gasteiger partial charge in [-0.3, -0.25) is 9.59 Å². The Balaban J connectivity index is 1.36. The molecule has 0 radical (unpaired) electrons. The van der Waals surface area contributed by atoms with Crippen LogP contribution in [0.2, 0.25) is 0 Å². The number of hydrogen-bond donors (Lipinski definition) is 3. The number of nitrogens with zero attached hydrogens (tertiary/aromatic N) is 2. The van der Waals surface area contributed by atoms with E-state index in [1.165, 1.54) is 6.08 Å². The monoisotopic (exact) mass is 455 g/mol. The molecule has 0 aliphatic heterocycles. The van der Waals surface area contributed by atoms with E-state index in [1.807, 2.05) is 36.5 Å². The van der Waals surface area contributed by atoms with Crippen LogP contribution in [0.25, 0.3) is 22.0 Å². The SMILES string of the molecule is C=CC(=O)N[C@H]1CCC[C@H]1Nc1ncc2cc(-c3cc(C(=O)NC4CC4)ccc3C)ccc2n1. The summed E-state index contributed by atoms with van der Waals surface area (Å²) < 4.78 is 0. The van der Waals surface area contributed by atoms with Gasteiger partial charge in [0.15, 0.2) is 0 Å². The Morgan fingerprint density at radius 1 is 1.03 bits per heavy atom. The summed E-state index contributed by atoms with van der Waals surface area (Å²) in [6.07, 6.45) is 8.16. The van der Waals surface area contributed by atoms with Crippen molar-refractivity contribution in [3.63, 3.8) is 0 Å². The van der Waals surface area contributed by atoms with Crippen LogP contribution in [0.15, 0.2) is 55.3 Å². The first kappa shape index (κ1) is 22.1. The molecule has 2 atom stereocenters. The molecule has 1 heterocycles. The molecule has 2 amide bonds. The molecule has 7 nitrogen and oxygen atoms in total. The van der Waals surface area contributed by atoms with E-state index in [0.717, 1.165) is 59.7 Å². The van der Waals surface area contributed by atoms with Crippen LogP contribution in [0.1, 0.15) is 48.0 Å². The van der Waals surface area contributed by atoms with Crippen LogP contribution >= 0.6 is 0 Å². The summed E-state index contributed by atoms with van der Waals surface area (Å²) in [5, 5.41) is 10.4. The Bertz CT molecular complexity index is 1270. The third-order valence-electron chi connectivity index (χ3n) is 6.65. The van der Waals surface area contributed by atoms with Crippen LogP contribution in [0.3, 0.4) is 0 Å². The molecule has 0 unspecified atom stereocenters.